The van der Waals surface area contributed by atoms with Gasteiger partial charge in [0.15, 0.2) is 0 Å². The molecule has 4 aromatic rings. The van der Waals surface area contributed by atoms with Crippen molar-refractivity contribution in [2.45, 2.75) is 0 Å². The minimum Gasteiger partial charge on any atom is -0.508 e. The molecule has 120 valence electrons. The van der Waals surface area contributed by atoms with Crippen molar-refractivity contribution in [1.29, 1.82) is 0 Å². The Morgan fingerprint density at radius 1 is 0.458 bits per heavy atom. The molecule has 0 radical (unpaired) electrons. The first-order valence-electron chi connectivity index (χ1n) is 7.35. The fourth-order valence-corrected chi connectivity index (χ4v) is 2.48. The third-order valence-corrected chi connectivity index (χ3v) is 3.65. The van der Waals surface area contributed by atoms with Crippen LogP contribution < -0.4 is 0 Å². The lowest BCUT2D eigenvalue weighted by Crippen LogP contribution is -1.72. The van der Waals surface area contributed by atoms with Crippen LogP contribution in [-0.4, -0.2) is 20.4 Å². The Labute approximate surface area is 138 Å². The summed E-state index contributed by atoms with van der Waals surface area (Å²) in [6.07, 6.45) is 0. The smallest absolute Gasteiger partial charge is 0.123 e. The summed E-state index contributed by atoms with van der Waals surface area (Å²) in [7, 11) is 0. The van der Waals surface area contributed by atoms with Crippen molar-refractivity contribution in [2.75, 3.05) is 0 Å². The van der Waals surface area contributed by atoms with E-state index in [0.717, 1.165) is 21.5 Å². The second kappa shape index (κ2) is 6.38. The Balaban J connectivity index is 0.000000141. The molecule has 4 N–H and O–H groups in total. The van der Waals surface area contributed by atoms with Crippen molar-refractivity contribution in [3.05, 3.63) is 72.8 Å². The second-order valence-electron chi connectivity index (χ2n) is 5.40. The minimum absolute atomic E-state index is 0.216. The van der Waals surface area contributed by atoms with Crippen LogP contribution in [-0.2, 0) is 0 Å². The first kappa shape index (κ1) is 15.5. The van der Waals surface area contributed by atoms with Gasteiger partial charge in [0.05, 0.1) is 0 Å². The largest absolute Gasteiger partial charge is 0.508 e. The molecule has 4 heteroatoms. The number of aromatic hydroxyl groups is 4. The Bertz CT molecular complexity index is 960. The summed E-state index contributed by atoms with van der Waals surface area (Å²) in [5.74, 6) is 0.891. The van der Waals surface area contributed by atoms with E-state index >= 15 is 0 Å². The molecule has 0 saturated carbocycles. The van der Waals surface area contributed by atoms with Crippen LogP contribution in [0.2, 0.25) is 0 Å². The van der Waals surface area contributed by atoms with Gasteiger partial charge in [0.25, 0.3) is 0 Å². The number of fused-ring (bicyclic) bond motifs is 2. The fourth-order valence-electron chi connectivity index (χ4n) is 2.48. The van der Waals surface area contributed by atoms with Crippen molar-refractivity contribution >= 4 is 21.5 Å². The zero-order chi connectivity index (χ0) is 17.1. The minimum atomic E-state index is 0.216. The zero-order valence-corrected chi connectivity index (χ0v) is 12.7. The van der Waals surface area contributed by atoms with Gasteiger partial charge in [-0.15, -0.1) is 0 Å². The van der Waals surface area contributed by atoms with Crippen LogP contribution in [0.25, 0.3) is 21.5 Å². The van der Waals surface area contributed by atoms with Crippen LogP contribution in [0.1, 0.15) is 0 Å². The highest BCUT2D eigenvalue weighted by molar-refractivity contribution is 5.89. The molecule has 0 bridgehead atoms. The maximum absolute atomic E-state index is 9.38. The number of hydrogen-bond donors (Lipinski definition) is 4. The van der Waals surface area contributed by atoms with Gasteiger partial charge < -0.3 is 20.4 Å². The van der Waals surface area contributed by atoms with Crippen LogP contribution >= 0.6 is 0 Å². The Kier molecular flexibility index (Phi) is 4.12. The lowest BCUT2D eigenvalue weighted by atomic mass is 10.1. The zero-order valence-electron chi connectivity index (χ0n) is 12.7. The van der Waals surface area contributed by atoms with Crippen molar-refractivity contribution in [3.8, 4) is 23.0 Å². The van der Waals surface area contributed by atoms with Gasteiger partial charge >= 0.3 is 0 Å². The lowest BCUT2D eigenvalue weighted by Gasteiger charge is -1.99. The van der Waals surface area contributed by atoms with Gasteiger partial charge in [0.2, 0.25) is 0 Å². The molecule has 0 aliphatic heterocycles. The number of benzene rings is 4. The van der Waals surface area contributed by atoms with E-state index in [1.54, 1.807) is 54.6 Å². The molecular formula is C20H16O4. The molecular weight excluding hydrogens is 304 g/mol. The molecule has 0 fully saturated rings. The highest BCUT2D eigenvalue weighted by atomic mass is 16.3. The summed E-state index contributed by atoms with van der Waals surface area (Å²) in [6, 6.07) is 20.2. The molecule has 4 nitrogen and oxygen atoms in total. The molecule has 0 heterocycles. The van der Waals surface area contributed by atoms with Crippen LogP contribution in [0.5, 0.6) is 23.0 Å². The summed E-state index contributed by atoms with van der Waals surface area (Å²) in [5, 5.41) is 40.2. The van der Waals surface area contributed by atoms with Crippen molar-refractivity contribution in [1.82, 2.24) is 0 Å². The maximum atomic E-state index is 9.38. The third-order valence-electron chi connectivity index (χ3n) is 3.65. The fraction of sp³-hybridized carbons (Fsp3) is 0. The van der Waals surface area contributed by atoms with Gasteiger partial charge in [0.1, 0.15) is 23.0 Å². The quantitative estimate of drug-likeness (QED) is 0.384. The van der Waals surface area contributed by atoms with Crippen LogP contribution in [0.4, 0.5) is 0 Å². The van der Waals surface area contributed by atoms with Crippen LogP contribution in [0, 0.1) is 0 Å². The monoisotopic (exact) mass is 320 g/mol. The first-order chi connectivity index (χ1) is 11.5. The summed E-state index contributed by atoms with van der Waals surface area (Å²) >= 11 is 0. The number of rotatable bonds is 0. The molecule has 24 heavy (non-hydrogen) atoms. The molecule has 4 rings (SSSR count). The van der Waals surface area contributed by atoms with E-state index < -0.39 is 0 Å². The average Bonchev–Trinajstić information content (AvgIpc) is 2.55. The molecule has 0 spiro atoms. The Hall–Kier alpha value is -3.40. The van der Waals surface area contributed by atoms with E-state index in [-0.39, 0.29) is 23.0 Å². The molecule has 0 unspecified atom stereocenters. The lowest BCUT2D eigenvalue weighted by molar-refractivity contribution is 0.473. The summed E-state index contributed by atoms with van der Waals surface area (Å²) in [6.45, 7) is 0. The summed E-state index contributed by atoms with van der Waals surface area (Å²) in [4.78, 5) is 0. The van der Waals surface area contributed by atoms with Crippen LogP contribution in [0.15, 0.2) is 72.8 Å². The molecule has 0 saturated heterocycles. The highest BCUT2D eigenvalue weighted by Crippen LogP contribution is 2.26. The van der Waals surface area contributed by atoms with E-state index in [4.69, 9.17) is 15.3 Å². The van der Waals surface area contributed by atoms with E-state index in [1.807, 2.05) is 18.2 Å². The highest BCUT2D eigenvalue weighted by Gasteiger charge is 1.98. The molecule has 4 aromatic carbocycles. The predicted octanol–water partition coefficient (Wildman–Crippen LogP) is 4.50. The molecule has 0 aliphatic carbocycles. The Morgan fingerprint density at radius 2 is 1.00 bits per heavy atom. The Morgan fingerprint density at radius 3 is 1.62 bits per heavy atom. The molecule has 0 aliphatic rings. The van der Waals surface area contributed by atoms with E-state index in [0.29, 0.717) is 0 Å². The maximum Gasteiger partial charge on any atom is 0.123 e. The third kappa shape index (κ3) is 3.33. The molecule has 0 atom stereocenters. The number of hydrogen-bond acceptors (Lipinski definition) is 4. The SMILES string of the molecule is Oc1ccc2c(O)cccc2c1.Oc1ccc2ccc(O)cc2c1. The van der Waals surface area contributed by atoms with Gasteiger partial charge in [-0.05, 0) is 64.7 Å². The van der Waals surface area contributed by atoms with Gasteiger partial charge in [-0.1, -0.05) is 24.3 Å². The average molecular weight is 320 g/mol. The molecule has 0 aromatic heterocycles. The summed E-state index contributed by atoms with van der Waals surface area (Å²) in [5.41, 5.74) is 0. The van der Waals surface area contributed by atoms with Gasteiger partial charge in [-0.25, -0.2) is 0 Å². The van der Waals surface area contributed by atoms with Crippen molar-refractivity contribution < 1.29 is 20.4 Å². The van der Waals surface area contributed by atoms with Crippen molar-refractivity contribution in [2.24, 2.45) is 0 Å². The van der Waals surface area contributed by atoms with Gasteiger partial charge in [0, 0.05) is 5.39 Å². The normalized spacial score (nSPS) is 10.3. The molecule has 0 amide bonds. The van der Waals surface area contributed by atoms with E-state index in [9.17, 15) is 5.11 Å². The number of phenols is 4. The van der Waals surface area contributed by atoms with Gasteiger partial charge in [-0.3, -0.25) is 0 Å². The van der Waals surface area contributed by atoms with E-state index in [2.05, 4.69) is 0 Å². The van der Waals surface area contributed by atoms with Crippen molar-refractivity contribution in [3.63, 3.8) is 0 Å². The van der Waals surface area contributed by atoms with E-state index in [1.165, 1.54) is 0 Å². The predicted molar refractivity (Wildman–Crippen MR) is 94.6 cm³/mol. The standard InChI is InChI=1S/2C10H8O2/c11-9-3-1-7-2-4-10(12)6-8(7)5-9;11-8-4-5-9-7(6-8)2-1-3-10(9)12/h2*1-6,11-12H. The second-order valence-corrected chi connectivity index (χ2v) is 5.40. The topological polar surface area (TPSA) is 80.9 Å². The number of phenolic OH excluding ortho intramolecular Hbond substituents is 4. The van der Waals surface area contributed by atoms with Crippen LogP contribution in [0.3, 0.4) is 0 Å². The first-order valence-corrected chi connectivity index (χ1v) is 7.35. The summed E-state index contributed by atoms with van der Waals surface area (Å²) < 4.78 is 0. The van der Waals surface area contributed by atoms with Gasteiger partial charge in [-0.2, -0.15) is 0 Å².